The lowest BCUT2D eigenvalue weighted by Crippen LogP contribution is -2.81. The van der Waals surface area contributed by atoms with E-state index in [0.717, 1.165) is 0 Å². The lowest BCUT2D eigenvalue weighted by atomic mass is 9.62. The van der Waals surface area contributed by atoms with E-state index >= 15 is 0 Å². The average Bonchev–Trinajstić information content (AvgIpc) is 3.27. The standard InChI is InChI=1S/C21H26N2O5S/c1-7-20(2,3)21(28-6)17(16(24)18-22-10-11-29-18)23(19(21)25)14-9-8-13(26-4)12-15(14)27-5/h7-12,16-17,24H,1H2,2-6H3/t16-,17-,21+/m0/s1. The second-order valence-electron chi connectivity index (χ2n) is 7.34. The number of anilines is 1. The third kappa shape index (κ3) is 3.02. The van der Waals surface area contributed by atoms with Crippen LogP contribution in [0.4, 0.5) is 5.69 Å². The quantitative estimate of drug-likeness (QED) is 0.524. The number of hydrogen-bond donors (Lipinski definition) is 1. The molecule has 1 aliphatic rings. The van der Waals surface area contributed by atoms with Gasteiger partial charge >= 0.3 is 0 Å². The molecule has 1 N–H and O–H groups in total. The number of carbonyl (C=O) groups excluding carboxylic acids is 1. The van der Waals surface area contributed by atoms with Gasteiger partial charge in [-0.25, -0.2) is 4.98 Å². The van der Waals surface area contributed by atoms with E-state index in [-0.39, 0.29) is 5.91 Å². The summed E-state index contributed by atoms with van der Waals surface area (Å²) in [6.45, 7) is 7.62. The highest BCUT2D eigenvalue weighted by atomic mass is 32.1. The zero-order chi connectivity index (χ0) is 21.4. The molecule has 1 aliphatic heterocycles. The molecule has 0 saturated carbocycles. The van der Waals surface area contributed by atoms with Gasteiger partial charge in [0.15, 0.2) is 5.60 Å². The normalized spacial score (nSPS) is 22.8. The maximum Gasteiger partial charge on any atom is 0.263 e. The lowest BCUT2D eigenvalue weighted by Gasteiger charge is -2.61. The Morgan fingerprint density at radius 3 is 2.59 bits per heavy atom. The van der Waals surface area contributed by atoms with Crippen LogP contribution >= 0.6 is 11.3 Å². The molecule has 1 aromatic carbocycles. The third-order valence-corrected chi connectivity index (χ3v) is 6.52. The molecule has 0 unspecified atom stereocenters. The maximum atomic E-state index is 13.6. The number of β-lactam (4-membered cyclic amide) rings is 1. The fraction of sp³-hybridized carbons (Fsp3) is 0.429. The van der Waals surface area contributed by atoms with Crippen LogP contribution in [-0.2, 0) is 9.53 Å². The smallest absolute Gasteiger partial charge is 0.263 e. The number of ether oxygens (including phenoxy) is 3. The molecule has 3 rings (SSSR count). The molecule has 1 aromatic heterocycles. The number of carbonyl (C=O) groups is 1. The SMILES string of the molecule is C=CC(C)(C)[C@]1(OC)C(=O)N(c2ccc(OC)cc2OC)[C@H]1[C@H](O)c1nccs1. The van der Waals surface area contributed by atoms with Crippen molar-refractivity contribution in [2.24, 2.45) is 5.41 Å². The predicted octanol–water partition coefficient (Wildman–Crippen LogP) is 3.21. The van der Waals surface area contributed by atoms with Crippen LogP contribution in [0.1, 0.15) is 25.0 Å². The van der Waals surface area contributed by atoms with E-state index in [0.29, 0.717) is 22.2 Å². The second-order valence-corrected chi connectivity index (χ2v) is 8.26. The van der Waals surface area contributed by atoms with E-state index < -0.39 is 23.2 Å². The van der Waals surface area contributed by atoms with Crippen molar-refractivity contribution in [2.75, 3.05) is 26.2 Å². The third-order valence-electron chi connectivity index (χ3n) is 5.67. The van der Waals surface area contributed by atoms with Crippen LogP contribution in [0.2, 0.25) is 0 Å². The Morgan fingerprint density at radius 2 is 2.07 bits per heavy atom. The lowest BCUT2D eigenvalue weighted by molar-refractivity contribution is -0.186. The summed E-state index contributed by atoms with van der Waals surface area (Å²) in [5.74, 6) is 0.768. The first-order valence-corrected chi connectivity index (χ1v) is 9.99. The number of rotatable bonds is 8. The first-order valence-electron chi connectivity index (χ1n) is 9.11. The molecule has 1 saturated heterocycles. The van der Waals surface area contributed by atoms with Gasteiger partial charge in [0.05, 0.1) is 19.9 Å². The van der Waals surface area contributed by atoms with Crippen molar-refractivity contribution in [3.05, 3.63) is 47.4 Å². The molecule has 0 spiro atoms. The second kappa shape index (κ2) is 7.78. The zero-order valence-corrected chi connectivity index (χ0v) is 18.0. The summed E-state index contributed by atoms with van der Waals surface area (Å²) in [7, 11) is 4.56. The summed E-state index contributed by atoms with van der Waals surface area (Å²) < 4.78 is 16.6. The largest absolute Gasteiger partial charge is 0.497 e. The fourth-order valence-electron chi connectivity index (χ4n) is 3.95. The van der Waals surface area contributed by atoms with E-state index in [4.69, 9.17) is 14.2 Å². The summed E-state index contributed by atoms with van der Waals surface area (Å²) in [4.78, 5) is 19.3. The highest BCUT2D eigenvalue weighted by molar-refractivity contribution is 7.09. The first kappa shape index (κ1) is 21.3. The van der Waals surface area contributed by atoms with Crippen molar-refractivity contribution in [1.29, 1.82) is 0 Å². The van der Waals surface area contributed by atoms with Gasteiger partial charge in [0.25, 0.3) is 5.91 Å². The van der Waals surface area contributed by atoms with Gasteiger partial charge in [0.1, 0.15) is 28.7 Å². The van der Waals surface area contributed by atoms with Gasteiger partial charge in [-0.15, -0.1) is 17.9 Å². The van der Waals surface area contributed by atoms with Gasteiger partial charge in [-0.1, -0.05) is 19.9 Å². The van der Waals surface area contributed by atoms with Crippen molar-refractivity contribution in [3.63, 3.8) is 0 Å². The fourth-order valence-corrected chi connectivity index (χ4v) is 4.60. The first-order chi connectivity index (χ1) is 13.8. The minimum Gasteiger partial charge on any atom is -0.497 e. The number of nitrogens with zero attached hydrogens (tertiary/aromatic N) is 2. The predicted molar refractivity (Wildman–Crippen MR) is 112 cm³/mol. The van der Waals surface area contributed by atoms with E-state index in [1.165, 1.54) is 30.5 Å². The highest BCUT2D eigenvalue weighted by Crippen LogP contribution is 2.55. The maximum absolute atomic E-state index is 13.6. The molecule has 8 heteroatoms. The molecule has 3 atom stereocenters. The molecule has 29 heavy (non-hydrogen) atoms. The Hall–Kier alpha value is -2.42. The number of benzene rings is 1. The number of methoxy groups -OCH3 is 3. The van der Waals surface area contributed by atoms with Crippen molar-refractivity contribution < 1.29 is 24.1 Å². The van der Waals surface area contributed by atoms with Crippen LogP contribution < -0.4 is 14.4 Å². The van der Waals surface area contributed by atoms with E-state index in [2.05, 4.69) is 11.6 Å². The van der Waals surface area contributed by atoms with Gasteiger partial charge < -0.3 is 19.3 Å². The molecule has 1 amide bonds. The monoisotopic (exact) mass is 418 g/mol. The van der Waals surface area contributed by atoms with Gasteiger partial charge in [0.2, 0.25) is 0 Å². The summed E-state index contributed by atoms with van der Waals surface area (Å²) in [6.07, 6.45) is 2.24. The van der Waals surface area contributed by atoms with E-state index in [1.54, 1.807) is 43.0 Å². The number of aliphatic hydroxyl groups is 1. The van der Waals surface area contributed by atoms with Crippen LogP contribution in [0.15, 0.2) is 42.4 Å². The minimum atomic E-state index is -1.31. The van der Waals surface area contributed by atoms with Crippen molar-refractivity contribution in [2.45, 2.75) is 31.6 Å². The molecule has 0 aliphatic carbocycles. The molecule has 156 valence electrons. The van der Waals surface area contributed by atoms with Crippen LogP contribution in [-0.4, -0.2) is 49.0 Å². The van der Waals surface area contributed by atoms with E-state index in [9.17, 15) is 9.90 Å². The average molecular weight is 419 g/mol. The van der Waals surface area contributed by atoms with Gasteiger partial charge in [-0.3, -0.25) is 9.69 Å². The Kier molecular flexibility index (Phi) is 5.71. The van der Waals surface area contributed by atoms with Crippen LogP contribution in [0.25, 0.3) is 0 Å². The van der Waals surface area contributed by atoms with Crippen LogP contribution in [0, 0.1) is 5.41 Å². The zero-order valence-electron chi connectivity index (χ0n) is 17.2. The minimum absolute atomic E-state index is 0.283. The molecule has 0 radical (unpaired) electrons. The number of aromatic nitrogens is 1. The molecule has 2 aromatic rings. The number of thiazole rings is 1. The van der Waals surface area contributed by atoms with E-state index in [1.807, 2.05) is 13.8 Å². The van der Waals surface area contributed by atoms with Gasteiger partial charge in [-0.05, 0) is 12.1 Å². The van der Waals surface area contributed by atoms with Crippen molar-refractivity contribution in [3.8, 4) is 11.5 Å². The van der Waals surface area contributed by atoms with Crippen LogP contribution in [0.3, 0.4) is 0 Å². The number of amides is 1. The Morgan fingerprint density at radius 1 is 1.34 bits per heavy atom. The molecule has 7 nitrogen and oxygen atoms in total. The Bertz CT molecular complexity index is 898. The summed E-state index contributed by atoms with van der Waals surface area (Å²) in [6, 6.07) is 4.43. The highest BCUT2D eigenvalue weighted by Gasteiger charge is 2.71. The topological polar surface area (TPSA) is 81.1 Å². The summed E-state index contributed by atoms with van der Waals surface area (Å²) >= 11 is 1.32. The number of aliphatic hydroxyl groups excluding tert-OH is 1. The Balaban J connectivity index is 2.17. The molecule has 2 heterocycles. The molecular formula is C21H26N2O5S. The number of hydrogen-bond acceptors (Lipinski definition) is 7. The molecule has 0 bridgehead atoms. The van der Waals surface area contributed by atoms with Gasteiger partial charge in [0, 0.05) is 30.2 Å². The Labute approximate surface area is 174 Å². The van der Waals surface area contributed by atoms with Gasteiger partial charge in [-0.2, -0.15) is 0 Å². The van der Waals surface area contributed by atoms with Crippen molar-refractivity contribution >= 4 is 22.9 Å². The summed E-state index contributed by atoms with van der Waals surface area (Å²) in [5.41, 5.74) is -1.55. The summed E-state index contributed by atoms with van der Waals surface area (Å²) in [5, 5.41) is 13.5. The molecular weight excluding hydrogens is 392 g/mol. The molecule has 1 fully saturated rings. The van der Waals surface area contributed by atoms with Crippen LogP contribution in [0.5, 0.6) is 11.5 Å². The van der Waals surface area contributed by atoms with Crippen molar-refractivity contribution in [1.82, 2.24) is 4.98 Å².